The molecule has 0 spiro atoms. The van der Waals surface area contributed by atoms with Gasteiger partial charge in [0.05, 0.1) is 18.4 Å². The van der Waals surface area contributed by atoms with Gasteiger partial charge in [0.2, 0.25) is 5.60 Å². The number of likely N-dealkylation sites (tertiary alicyclic amines) is 1. The van der Waals surface area contributed by atoms with Crippen LogP contribution in [0, 0.1) is 5.92 Å². The summed E-state index contributed by atoms with van der Waals surface area (Å²) in [6.45, 7) is 2.44. The average molecular weight is 627 g/mol. The van der Waals surface area contributed by atoms with E-state index >= 15 is 0 Å². The number of carbonyl (C=O) groups is 3. The molecule has 1 aliphatic carbocycles. The van der Waals surface area contributed by atoms with Crippen LogP contribution in [-0.2, 0) is 42.6 Å². The molecular weight excluding hydrogens is 596 g/mol. The third-order valence-electron chi connectivity index (χ3n) is 7.48. The number of hydrogen-bond donors (Lipinski definition) is 5. The molecule has 0 aromatic carbocycles. The van der Waals surface area contributed by atoms with Crippen molar-refractivity contribution in [3.8, 4) is 0 Å². The average Bonchev–Trinajstić information content (AvgIpc) is 3.66. The summed E-state index contributed by atoms with van der Waals surface area (Å²) in [6, 6.07) is -2.72. The van der Waals surface area contributed by atoms with Gasteiger partial charge in [0.25, 0.3) is 11.8 Å². The smallest absolute Gasteiger partial charge is 0.362 e. The first-order chi connectivity index (χ1) is 19.9. The van der Waals surface area contributed by atoms with E-state index in [4.69, 9.17) is 16.3 Å². The Balaban J connectivity index is 1.34. The van der Waals surface area contributed by atoms with Gasteiger partial charge in [0.1, 0.15) is 17.8 Å². The van der Waals surface area contributed by atoms with Crippen molar-refractivity contribution >= 4 is 50.3 Å². The van der Waals surface area contributed by atoms with Crippen LogP contribution in [0.3, 0.4) is 0 Å². The predicted octanol–water partition coefficient (Wildman–Crippen LogP) is -1.98. The predicted molar refractivity (Wildman–Crippen MR) is 145 cm³/mol. The number of nitrogen functional groups attached to an aromatic ring is 1. The molecule has 2 aromatic rings. The number of oxime groups is 1. The monoisotopic (exact) mass is 626 g/mol. The van der Waals surface area contributed by atoms with E-state index in [0.717, 1.165) is 24.4 Å². The number of thiazole rings is 1. The maximum absolute atomic E-state index is 13.4. The normalized spacial score (nSPS) is 23.0. The minimum Gasteiger partial charge on any atom is -0.478 e. The van der Waals surface area contributed by atoms with Crippen LogP contribution in [0.1, 0.15) is 37.1 Å². The zero-order valence-electron chi connectivity index (χ0n) is 22.2. The molecule has 0 radical (unpaired) electrons. The number of carbonyl (C=O) groups excluding carboxylic acids is 2. The van der Waals surface area contributed by atoms with E-state index < -0.39 is 51.5 Å². The number of carboxylic acid groups (broad SMARTS) is 1. The third kappa shape index (κ3) is 5.93. The number of aliphatic carboxylic acids is 1. The molecule has 0 bridgehead atoms. The Morgan fingerprint density at radius 3 is 2.60 bits per heavy atom. The summed E-state index contributed by atoms with van der Waals surface area (Å²) in [5, 5.41) is 25.9. The molecule has 18 nitrogen and oxygen atoms in total. The van der Waals surface area contributed by atoms with E-state index in [1.165, 1.54) is 16.4 Å². The summed E-state index contributed by atoms with van der Waals surface area (Å²) in [6.07, 6.45) is 3.03. The zero-order chi connectivity index (χ0) is 30.2. The molecule has 42 heavy (non-hydrogen) atoms. The Kier molecular flexibility index (Phi) is 8.16. The highest BCUT2D eigenvalue weighted by Crippen LogP contribution is 2.34. The van der Waals surface area contributed by atoms with Crippen LogP contribution in [-0.4, -0.2) is 108 Å². The molecule has 20 heteroatoms. The summed E-state index contributed by atoms with van der Waals surface area (Å²) in [7, 11) is -4.98. The molecule has 4 heterocycles. The van der Waals surface area contributed by atoms with Gasteiger partial charge in [-0.15, -0.1) is 11.3 Å². The number of amides is 2. The van der Waals surface area contributed by atoms with Gasteiger partial charge >= 0.3 is 16.3 Å². The van der Waals surface area contributed by atoms with Gasteiger partial charge in [-0.05, 0) is 25.3 Å². The molecule has 2 aromatic heterocycles. The van der Waals surface area contributed by atoms with Crippen molar-refractivity contribution in [3.05, 3.63) is 23.0 Å². The van der Waals surface area contributed by atoms with E-state index in [1.807, 2.05) is 0 Å². The fraction of sp³-hybridized carbons (Fsp3) is 0.591. The Hall–Kier alpha value is -3.72. The molecule has 1 saturated carbocycles. The summed E-state index contributed by atoms with van der Waals surface area (Å²) in [5.41, 5.74) is 9.83. The molecular formula is C22H30N10O8S2. The Labute approximate surface area is 243 Å². The quantitative estimate of drug-likeness (QED) is 0.0740. The number of nitrogens with two attached hydrogens (primary N) is 2. The molecule has 3 aliphatic rings. The van der Waals surface area contributed by atoms with Crippen molar-refractivity contribution in [2.75, 3.05) is 25.4 Å². The number of anilines is 1. The highest BCUT2D eigenvalue weighted by molar-refractivity contribution is 7.84. The number of aromatic nitrogens is 4. The lowest BCUT2D eigenvalue weighted by Crippen LogP contribution is -2.73. The van der Waals surface area contributed by atoms with E-state index in [1.54, 1.807) is 0 Å². The van der Waals surface area contributed by atoms with Crippen LogP contribution in [0.15, 0.2) is 16.7 Å². The minimum absolute atomic E-state index is 0.0373. The van der Waals surface area contributed by atoms with Gasteiger partial charge in [0.15, 0.2) is 10.8 Å². The first kappa shape index (κ1) is 29.8. The fourth-order valence-corrected chi connectivity index (χ4v) is 6.64. The van der Waals surface area contributed by atoms with E-state index in [9.17, 15) is 32.5 Å². The summed E-state index contributed by atoms with van der Waals surface area (Å²) >= 11 is 0.989. The Morgan fingerprint density at radius 1 is 1.29 bits per heavy atom. The van der Waals surface area contributed by atoms with Crippen molar-refractivity contribution in [1.82, 2.24) is 34.5 Å². The van der Waals surface area contributed by atoms with Gasteiger partial charge < -0.3 is 26.7 Å². The minimum atomic E-state index is -4.98. The van der Waals surface area contributed by atoms with Crippen LogP contribution >= 0.6 is 11.3 Å². The van der Waals surface area contributed by atoms with Gasteiger partial charge in [-0.1, -0.05) is 5.16 Å². The van der Waals surface area contributed by atoms with Crippen molar-refractivity contribution in [2.45, 2.75) is 56.5 Å². The lowest BCUT2D eigenvalue weighted by molar-refractivity contribution is -0.165. The van der Waals surface area contributed by atoms with E-state index in [0.29, 0.717) is 37.5 Å². The second kappa shape index (κ2) is 11.5. The van der Waals surface area contributed by atoms with Crippen LogP contribution in [0.5, 0.6) is 0 Å². The maximum atomic E-state index is 13.4. The number of nitrogens with one attached hydrogen (secondary N) is 1. The van der Waals surface area contributed by atoms with E-state index in [2.05, 4.69) is 30.6 Å². The van der Waals surface area contributed by atoms with Crippen LogP contribution < -0.4 is 16.8 Å². The summed E-state index contributed by atoms with van der Waals surface area (Å²) in [4.78, 5) is 50.8. The topological polar surface area (TPSA) is 262 Å². The van der Waals surface area contributed by atoms with Crippen LogP contribution in [0.25, 0.3) is 0 Å². The third-order valence-corrected chi connectivity index (χ3v) is 9.10. The van der Waals surface area contributed by atoms with Crippen LogP contribution in [0.2, 0.25) is 0 Å². The number of rotatable bonds is 12. The van der Waals surface area contributed by atoms with Gasteiger partial charge in [-0.2, -0.15) is 23.4 Å². The number of carboxylic acids is 1. The van der Waals surface area contributed by atoms with Crippen molar-refractivity contribution in [3.63, 3.8) is 0 Å². The van der Waals surface area contributed by atoms with Crippen LogP contribution in [0.4, 0.5) is 5.13 Å². The van der Waals surface area contributed by atoms with E-state index in [-0.39, 0.29) is 34.5 Å². The lowest BCUT2D eigenvalue weighted by Gasteiger charge is -2.43. The summed E-state index contributed by atoms with van der Waals surface area (Å²) in [5.74, 6) is -2.93. The summed E-state index contributed by atoms with van der Waals surface area (Å²) < 4.78 is 33.9. The van der Waals surface area contributed by atoms with Gasteiger partial charge in [-0.25, -0.2) is 14.1 Å². The molecule has 5 rings (SSSR count). The maximum Gasteiger partial charge on any atom is 0.362 e. The van der Waals surface area contributed by atoms with Gasteiger partial charge in [-0.3, -0.25) is 19.0 Å². The number of hydrogen-bond acceptors (Lipinski definition) is 14. The first-order valence-electron chi connectivity index (χ1n) is 13.0. The Bertz CT molecular complexity index is 1500. The molecule has 0 unspecified atom stereocenters. The SMILES string of the molecule is NCC1CN(Cc2cnn(C[C@@H]3[C@H](NC(=O)/C(=N\OC4(C(=O)O)CCCC4)c4csc(N)n4)C(=O)N3S(=O)(=O)O)n2)C1. The lowest BCUT2D eigenvalue weighted by atomic mass is 9.98. The molecule has 3 fully saturated rings. The fourth-order valence-electron chi connectivity index (χ4n) is 5.22. The molecule has 2 atom stereocenters. The molecule has 2 aliphatic heterocycles. The van der Waals surface area contributed by atoms with Crippen molar-refractivity contribution < 1.29 is 37.3 Å². The first-order valence-corrected chi connectivity index (χ1v) is 15.3. The highest BCUT2D eigenvalue weighted by Gasteiger charge is 2.55. The van der Waals surface area contributed by atoms with Gasteiger partial charge in [0, 0.05) is 37.9 Å². The number of β-lactam (4-membered cyclic amide) rings is 1. The van der Waals surface area contributed by atoms with Crippen molar-refractivity contribution in [2.24, 2.45) is 16.8 Å². The zero-order valence-corrected chi connectivity index (χ0v) is 23.8. The molecule has 2 saturated heterocycles. The highest BCUT2D eigenvalue weighted by atomic mass is 32.2. The molecule has 2 amide bonds. The molecule has 7 N–H and O–H groups in total. The molecule has 228 valence electrons. The second-order valence-corrected chi connectivity index (χ2v) is 12.6. The largest absolute Gasteiger partial charge is 0.478 e. The Morgan fingerprint density at radius 2 is 2.00 bits per heavy atom. The van der Waals surface area contributed by atoms with Crippen molar-refractivity contribution in [1.29, 1.82) is 0 Å². The standard InChI is InChI=1S/C22H30N10O8S2/c23-5-12-7-30(8-12)9-13-6-25-31(28-13)10-15-17(19(34)32(15)42(37,38)39)27-18(33)16(14-11-41-21(24)26-14)29-40-22(20(35)36)3-1-2-4-22/h6,11-12,15,17H,1-5,7-10,23H2,(H2,24,26)(H,27,33)(H,35,36)(H,37,38,39)/b29-16-/t15-,17+/m1/s1. The number of nitrogens with zero attached hydrogens (tertiary/aromatic N) is 7. The second-order valence-electron chi connectivity index (χ2n) is 10.4.